The molecule has 0 aliphatic carbocycles. The van der Waals surface area contributed by atoms with Gasteiger partial charge in [0.1, 0.15) is 0 Å². The summed E-state index contributed by atoms with van der Waals surface area (Å²) in [7, 11) is 1.51. The van der Waals surface area contributed by atoms with E-state index in [4.69, 9.17) is 0 Å². The van der Waals surface area contributed by atoms with E-state index in [1.807, 2.05) is 24.3 Å². The van der Waals surface area contributed by atoms with Gasteiger partial charge < -0.3 is 0 Å². The third kappa shape index (κ3) is 2.38. The fraction of sp³-hybridized carbons (Fsp3) is 0.455. The van der Waals surface area contributed by atoms with Gasteiger partial charge in [-0.2, -0.15) is 0 Å². The van der Waals surface area contributed by atoms with Crippen molar-refractivity contribution in [2.75, 3.05) is 7.05 Å². The van der Waals surface area contributed by atoms with Crippen LogP contribution < -0.4 is 0 Å². The SMILES string of the molecule is C[N+](=O)c1ccc(C(C)(C)C)cc1. The Labute approximate surface area is 79.2 Å². The molecular formula is C11H16NO+. The maximum Gasteiger partial charge on any atom is 0.255 e. The molecule has 0 amide bonds. The second-order valence-electron chi connectivity index (χ2n) is 4.29. The Morgan fingerprint density at radius 2 is 1.54 bits per heavy atom. The first-order chi connectivity index (χ1) is 5.91. The number of rotatable bonds is 1. The Morgan fingerprint density at radius 1 is 1.08 bits per heavy atom. The quantitative estimate of drug-likeness (QED) is 0.605. The van der Waals surface area contributed by atoms with Crippen molar-refractivity contribution >= 4 is 5.69 Å². The summed E-state index contributed by atoms with van der Waals surface area (Å²) in [6.45, 7) is 6.47. The van der Waals surface area contributed by atoms with Gasteiger partial charge in [0.25, 0.3) is 5.69 Å². The molecule has 0 saturated heterocycles. The fourth-order valence-corrected chi connectivity index (χ4v) is 1.17. The molecule has 13 heavy (non-hydrogen) atoms. The van der Waals surface area contributed by atoms with Crippen LogP contribution in [0.1, 0.15) is 26.3 Å². The number of nitroso groups, excluding NO2 is 1. The smallest absolute Gasteiger partial charge is 0.0561 e. The Balaban J connectivity index is 3.01. The summed E-state index contributed by atoms with van der Waals surface area (Å²) in [5, 5.41) is 0. The first-order valence-electron chi connectivity index (χ1n) is 4.42. The first kappa shape index (κ1) is 9.90. The van der Waals surface area contributed by atoms with Crippen LogP contribution >= 0.6 is 0 Å². The summed E-state index contributed by atoms with van der Waals surface area (Å²) >= 11 is 0. The fourth-order valence-electron chi connectivity index (χ4n) is 1.17. The molecule has 0 aliphatic heterocycles. The maximum atomic E-state index is 10.9. The highest BCUT2D eigenvalue weighted by atomic mass is 16.3. The molecule has 1 aromatic rings. The summed E-state index contributed by atoms with van der Waals surface area (Å²) < 4.78 is 0.867. The predicted octanol–water partition coefficient (Wildman–Crippen LogP) is 3.02. The number of nitrogens with zero attached hydrogens (tertiary/aromatic N) is 1. The van der Waals surface area contributed by atoms with Crippen LogP contribution in [0, 0.1) is 4.91 Å². The molecule has 0 aliphatic rings. The lowest BCUT2D eigenvalue weighted by Crippen LogP contribution is -2.10. The van der Waals surface area contributed by atoms with Crippen LogP contribution in [0.4, 0.5) is 5.69 Å². The summed E-state index contributed by atoms with van der Waals surface area (Å²) in [4.78, 5) is 10.9. The van der Waals surface area contributed by atoms with Gasteiger partial charge in [0, 0.05) is 21.8 Å². The highest BCUT2D eigenvalue weighted by Crippen LogP contribution is 2.23. The van der Waals surface area contributed by atoms with E-state index in [-0.39, 0.29) is 5.41 Å². The molecular weight excluding hydrogens is 162 g/mol. The van der Waals surface area contributed by atoms with Crippen LogP contribution in [-0.4, -0.2) is 11.8 Å². The van der Waals surface area contributed by atoms with Gasteiger partial charge in [-0.15, -0.1) is 0 Å². The van der Waals surface area contributed by atoms with Gasteiger partial charge >= 0.3 is 0 Å². The first-order valence-corrected chi connectivity index (χ1v) is 4.42. The lowest BCUT2D eigenvalue weighted by atomic mass is 9.87. The number of hydrogen-bond acceptors (Lipinski definition) is 1. The monoisotopic (exact) mass is 178 g/mol. The predicted molar refractivity (Wildman–Crippen MR) is 54.4 cm³/mol. The highest BCUT2D eigenvalue weighted by molar-refractivity contribution is 5.35. The van der Waals surface area contributed by atoms with E-state index in [2.05, 4.69) is 20.8 Å². The number of benzene rings is 1. The Kier molecular flexibility index (Phi) is 2.50. The van der Waals surface area contributed by atoms with E-state index in [0.29, 0.717) is 5.69 Å². The molecule has 0 N–H and O–H groups in total. The van der Waals surface area contributed by atoms with Gasteiger partial charge in [0.15, 0.2) is 7.05 Å². The minimum atomic E-state index is 0.153. The van der Waals surface area contributed by atoms with Crippen LogP contribution in [0.25, 0.3) is 0 Å². The molecule has 0 bridgehead atoms. The summed E-state index contributed by atoms with van der Waals surface area (Å²) in [6, 6.07) is 7.72. The molecule has 0 aromatic heterocycles. The van der Waals surface area contributed by atoms with E-state index in [1.54, 1.807) is 0 Å². The molecule has 70 valence electrons. The molecule has 1 rings (SSSR count). The Hall–Kier alpha value is -1.18. The lowest BCUT2D eigenvalue weighted by molar-refractivity contribution is -0.428. The van der Waals surface area contributed by atoms with Crippen molar-refractivity contribution in [3.05, 3.63) is 34.7 Å². The van der Waals surface area contributed by atoms with Crippen LogP contribution in [0.2, 0.25) is 0 Å². The average molecular weight is 178 g/mol. The molecule has 1 aromatic carbocycles. The van der Waals surface area contributed by atoms with E-state index >= 15 is 0 Å². The van der Waals surface area contributed by atoms with E-state index in [1.165, 1.54) is 12.6 Å². The zero-order chi connectivity index (χ0) is 10.1. The zero-order valence-corrected chi connectivity index (χ0v) is 8.66. The molecule has 2 heteroatoms. The normalized spacial score (nSPS) is 11.4. The van der Waals surface area contributed by atoms with Gasteiger partial charge in [0.2, 0.25) is 0 Å². The van der Waals surface area contributed by atoms with E-state index < -0.39 is 0 Å². The van der Waals surface area contributed by atoms with E-state index in [9.17, 15) is 4.91 Å². The summed E-state index contributed by atoms with van der Waals surface area (Å²) in [5.74, 6) is 0. The van der Waals surface area contributed by atoms with Crippen molar-refractivity contribution in [1.29, 1.82) is 0 Å². The Morgan fingerprint density at radius 3 is 1.85 bits per heavy atom. The van der Waals surface area contributed by atoms with Crippen LogP contribution in [0.3, 0.4) is 0 Å². The average Bonchev–Trinajstić information content (AvgIpc) is 2.03. The third-order valence-electron chi connectivity index (χ3n) is 2.10. The van der Waals surface area contributed by atoms with Crippen LogP contribution in [0.5, 0.6) is 0 Å². The van der Waals surface area contributed by atoms with E-state index in [0.717, 1.165) is 4.76 Å². The van der Waals surface area contributed by atoms with Crippen molar-refractivity contribution in [2.24, 2.45) is 0 Å². The van der Waals surface area contributed by atoms with Gasteiger partial charge in [-0.25, -0.2) is 0 Å². The maximum absolute atomic E-state index is 10.9. The van der Waals surface area contributed by atoms with Crippen molar-refractivity contribution in [2.45, 2.75) is 26.2 Å². The molecule has 0 radical (unpaired) electrons. The third-order valence-corrected chi connectivity index (χ3v) is 2.10. The molecule has 0 fully saturated rings. The minimum Gasteiger partial charge on any atom is -0.0561 e. The lowest BCUT2D eigenvalue weighted by Gasteiger charge is -2.18. The standard InChI is InChI=1S/C11H16NO/c1-11(2,3)9-5-7-10(8-6-9)12(4)13/h5-8H,1-4H3/q+1. The van der Waals surface area contributed by atoms with Crippen molar-refractivity contribution < 1.29 is 4.76 Å². The van der Waals surface area contributed by atoms with Crippen LogP contribution in [0.15, 0.2) is 24.3 Å². The topological polar surface area (TPSA) is 20.1 Å². The zero-order valence-electron chi connectivity index (χ0n) is 8.66. The van der Waals surface area contributed by atoms with Gasteiger partial charge in [-0.05, 0) is 11.0 Å². The van der Waals surface area contributed by atoms with Gasteiger partial charge in [-0.1, -0.05) is 32.9 Å². The largest absolute Gasteiger partial charge is 0.255 e. The second kappa shape index (κ2) is 3.29. The summed E-state index contributed by atoms with van der Waals surface area (Å²) in [6.07, 6.45) is 0. The molecule has 0 spiro atoms. The molecule has 0 saturated carbocycles. The van der Waals surface area contributed by atoms with Gasteiger partial charge in [-0.3, -0.25) is 0 Å². The number of hydrogen-bond donors (Lipinski definition) is 0. The van der Waals surface area contributed by atoms with Crippen molar-refractivity contribution in [3.8, 4) is 0 Å². The molecule has 2 nitrogen and oxygen atoms in total. The van der Waals surface area contributed by atoms with Gasteiger partial charge in [0.05, 0.1) is 0 Å². The highest BCUT2D eigenvalue weighted by Gasteiger charge is 2.14. The second-order valence-corrected chi connectivity index (χ2v) is 4.29. The Bertz CT molecular complexity index is 306. The molecule has 0 atom stereocenters. The van der Waals surface area contributed by atoms with Crippen molar-refractivity contribution in [1.82, 2.24) is 0 Å². The van der Waals surface area contributed by atoms with Crippen molar-refractivity contribution in [3.63, 3.8) is 0 Å². The minimum absolute atomic E-state index is 0.153. The molecule has 0 unspecified atom stereocenters. The molecule has 0 heterocycles. The summed E-state index contributed by atoms with van der Waals surface area (Å²) in [5.41, 5.74) is 2.10. The van der Waals surface area contributed by atoms with Crippen LogP contribution in [-0.2, 0) is 5.41 Å².